The molecule has 0 amide bonds. The molecule has 2 aliphatic heterocycles. The molecule has 1 fully saturated rings. The highest BCUT2D eigenvalue weighted by Gasteiger charge is 2.23. The summed E-state index contributed by atoms with van der Waals surface area (Å²) in [5, 5.41) is 2.12. The predicted octanol–water partition coefficient (Wildman–Crippen LogP) is 5.37. The third kappa shape index (κ3) is 2.66. The molecule has 3 aromatic carbocycles. The lowest BCUT2D eigenvalue weighted by atomic mass is 10.0. The van der Waals surface area contributed by atoms with E-state index in [0.29, 0.717) is 13.2 Å². The zero-order chi connectivity index (χ0) is 21.1. The van der Waals surface area contributed by atoms with E-state index >= 15 is 0 Å². The van der Waals surface area contributed by atoms with Gasteiger partial charge in [-0.25, -0.2) is 4.98 Å². The highest BCUT2D eigenvalue weighted by Crippen LogP contribution is 2.41. The number of anilines is 1. The van der Waals surface area contributed by atoms with E-state index in [1.807, 2.05) is 30.3 Å². The molecule has 0 atom stereocenters. The van der Waals surface area contributed by atoms with Crippen LogP contribution < -0.4 is 14.4 Å². The minimum atomic E-state index is 0.269. The number of furan rings is 1. The number of fused-ring (bicyclic) bond motifs is 5. The Morgan fingerprint density at radius 2 is 1.59 bits per heavy atom. The highest BCUT2D eigenvalue weighted by molar-refractivity contribution is 6.14. The second-order valence-electron chi connectivity index (χ2n) is 8.14. The molecule has 6 nitrogen and oxygen atoms in total. The van der Waals surface area contributed by atoms with Crippen molar-refractivity contribution in [2.24, 2.45) is 0 Å². The van der Waals surface area contributed by atoms with Crippen LogP contribution in [-0.4, -0.2) is 38.1 Å². The van der Waals surface area contributed by atoms with Gasteiger partial charge in [-0.2, -0.15) is 0 Å². The normalized spacial score (nSPS) is 15.8. The summed E-state index contributed by atoms with van der Waals surface area (Å²) >= 11 is 0. The Morgan fingerprint density at radius 3 is 2.53 bits per heavy atom. The van der Waals surface area contributed by atoms with Crippen LogP contribution in [0.2, 0.25) is 0 Å². The van der Waals surface area contributed by atoms with Crippen LogP contribution >= 0.6 is 0 Å². The second-order valence-corrected chi connectivity index (χ2v) is 8.14. The van der Waals surface area contributed by atoms with Crippen molar-refractivity contribution >= 4 is 38.7 Å². The zero-order valence-corrected chi connectivity index (χ0v) is 17.3. The molecule has 6 heteroatoms. The van der Waals surface area contributed by atoms with Gasteiger partial charge in [0.15, 0.2) is 17.1 Å². The molecule has 0 saturated carbocycles. The maximum Gasteiger partial charge on any atom is 0.231 e. The number of benzene rings is 3. The first-order valence-electron chi connectivity index (χ1n) is 10.8. The van der Waals surface area contributed by atoms with Crippen LogP contribution in [0, 0.1) is 0 Å². The molecule has 2 aromatic heterocycles. The van der Waals surface area contributed by atoms with Crippen molar-refractivity contribution in [3.63, 3.8) is 0 Å². The third-order valence-corrected chi connectivity index (χ3v) is 6.30. The maximum absolute atomic E-state index is 6.37. The molecule has 32 heavy (non-hydrogen) atoms. The largest absolute Gasteiger partial charge is 0.454 e. The number of rotatable bonds is 2. The first-order valence-corrected chi connectivity index (χ1v) is 10.8. The van der Waals surface area contributed by atoms with E-state index in [0.717, 1.165) is 74.4 Å². The number of pyridine rings is 1. The van der Waals surface area contributed by atoms with Crippen molar-refractivity contribution in [1.29, 1.82) is 0 Å². The summed E-state index contributed by atoms with van der Waals surface area (Å²) in [6, 6.07) is 20.6. The Kier molecular flexibility index (Phi) is 3.83. The molecular weight excluding hydrogens is 404 g/mol. The maximum atomic E-state index is 6.37. The Labute approximate surface area is 183 Å². The molecule has 0 spiro atoms. The Balaban J connectivity index is 1.50. The lowest BCUT2D eigenvalue weighted by molar-refractivity contribution is 0.123. The van der Waals surface area contributed by atoms with Gasteiger partial charge in [0.25, 0.3) is 0 Å². The van der Waals surface area contributed by atoms with Crippen LogP contribution in [0.25, 0.3) is 44.1 Å². The average Bonchev–Trinajstić information content (AvgIpc) is 3.46. The van der Waals surface area contributed by atoms with Crippen molar-refractivity contribution in [2.75, 3.05) is 38.0 Å². The highest BCUT2D eigenvalue weighted by atomic mass is 16.7. The van der Waals surface area contributed by atoms with Gasteiger partial charge in [-0.3, -0.25) is 0 Å². The Hall–Kier alpha value is -3.77. The number of morpholine rings is 1. The fourth-order valence-corrected chi connectivity index (χ4v) is 4.73. The van der Waals surface area contributed by atoms with Crippen LogP contribution in [0.5, 0.6) is 11.5 Å². The van der Waals surface area contributed by atoms with E-state index in [2.05, 4.69) is 35.2 Å². The predicted molar refractivity (Wildman–Crippen MR) is 124 cm³/mol. The van der Waals surface area contributed by atoms with Crippen LogP contribution in [0.1, 0.15) is 0 Å². The SMILES string of the molecule is c1ccc2c(c1)oc1c(N3CCOCC3)c3cc(-c4ccc5c(c4)OCO5)ccc3nc12. The van der Waals surface area contributed by atoms with Crippen LogP contribution in [-0.2, 0) is 4.74 Å². The number of ether oxygens (including phenoxy) is 3. The molecule has 0 bridgehead atoms. The van der Waals surface area contributed by atoms with Crippen LogP contribution in [0.15, 0.2) is 65.1 Å². The fraction of sp³-hybridized carbons (Fsp3) is 0.192. The van der Waals surface area contributed by atoms with Crippen LogP contribution in [0.3, 0.4) is 0 Å². The molecule has 0 unspecified atom stereocenters. The molecule has 7 rings (SSSR count). The quantitative estimate of drug-likeness (QED) is 0.380. The summed E-state index contributed by atoms with van der Waals surface area (Å²) in [7, 11) is 0. The first kappa shape index (κ1) is 17.9. The Morgan fingerprint density at radius 1 is 0.781 bits per heavy atom. The summed E-state index contributed by atoms with van der Waals surface area (Å²) < 4.78 is 23.1. The molecular formula is C26H20N2O4. The van der Waals surface area contributed by atoms with Gasteiger partial charge in [-0.15, -0.1) is 0 Å². The number of hydrogen-bond donors (Lipinski definition) is 0. The van der Waals surface area contributed by atoms with E-state index in [1.54, 1.807) is 0 Å². The number of para-hydroxylation sites is 1. The average molecular weight is 424 g/mol. The van der Waals surface area contributed by atoms with Crippen molar-refractivity contribution in [3.05, 3.63) is 60.7 Å². The van der Waals surface area contributed by atoms with Gasteiger partial charge in [0.05, 0.1) is 24.4 Å². The molecule has 158 valence electrons. The smallest absolute Gasteiger partial charge is 0.231 e. The standard InChI is InChI=1S/C26H20N2O4/c1-2-4-21-18(3-1)24-26(32-21)25(28-9-11-29-12-10-28)19-13-16(5-7-20(19)27-24)17-6-8-22-23(14-17)31-15-30-22/h1-8,13-14H,9-12,15H2. The second kappa shape index (κ2) is 6.87. The van der Waals surface area contributed by atoms with Crippen molar-refractivity contribution in [3.8, 4) is 22.6 Å². The van der Waals surface area contributed by atoms with Gasteiger partial charge in [-0.1, -0.05) is 24.3 Å². The summed E-state index contributed by atoms with van der Waals surface area (Å²) in [4.78, 5) is 7.38. The molecule has 5 aromatic rings. The van der Waals surface area contributed by atoms with Crippen molar-refractivity contribution < 1.29 is 18.6 Å². The van der Waals surface area contributed by atoms with E-state index in [4.69, 9.17) is 23.6 Å². The number of nitrogens with zero attached hydrogens (tertiary/aromatic N) is 2. The van der Waals surface area contributed by atoms with Gasteiger partial charge < -0.3 is 23.5 Å². The van der Waals surface area contributed by atoms with Gasteiger partial charge in [0, 0.05) is 23.9 Å². The molecule has 0 N–H and O–H groups in total. The van der Waals surface area contributed by atoms with E-state index in [9.17, 15) is 0 Å². The summed E-state index contributed by atoms with van der Waals surface area (Å²) in [5.41, 5.74) is 6.82. The van der Waals surface area contributed by atoms with E-state index in [-0.39, 0.29) is 6.79 Å². The van der Waals surface area contributed by atoms with Gasteiger partial charge in [-0.05, 0) is 47.5 Å². The van der Waals surface area contributed by atoms with Gasteiger partial charge >= 0.3 is 0 Å². The topological polar surface area (TPSA) is 57.0 Å². The minimum Gasteiger partial charge on any atom is -0.454 e. The third-order valence-electron chi connectivity index (χ3n) is 6.30. The minimum absolute atomic E-state index is 0.269. The molecule has 2 aliphatic rings. The summed E-state index contributed by atoms with van der Waals surface area (Å²) in [6.45, 7) is 3.31. The van der Waals surface area contributed by atoms with E-state index < -0.39 is 0 Å². The Bertz CT molecular complexity index is 1500. The molecule has 0 radical (unpaired) electrons. The molecule has 1 saturated heterocycles. The lowest BCUT2D eigenvalue weighted by Crippen LogP contribution is -2.36. The van der Waals surface area contributed by atoms with Crippen LogP contribution in [0.4, 0.5) is 5.69 Å². The molecule has 0 aliphatic carbocycles. The molecule has 4 heterocycles. The van der Waals surface area contributed by atoms with Crippen molar-refractivity contribution in [1.82, 2.24) is 4.98 Å². The number of hydrogen-bond acceptors (Lipinski definition) is 6. The van der Waals surface area contributed by atoms with E-state index in [1.165, 1.54) is 0 Å². The van der Waals surface area contributed by atoms with Gasteiger partial charge in [0.2, 0.25) is 6.79 Å². The first-order chi connectivity index (χ1) is 15.8. The monoisotopic (exact) mass is 424 g/mol. The van der Waals surface area contributed by atoms with Gasteiger partial charge in [0.1, 0.15) is 11.1 Å². The summed E-state index contributed by atoms with van der Waals surface area (Å²) in [5.74, 6) is 1.57. The number of aromatic nitrogens is 1. The van der Waals surface area contributed by atoms with Crippen molar-refractivity contribution in [2.45, 2.75) is 0 Å². The summed E-state index contributed by atoms with van der Waals surface area (Å²) in [6.07, 6.45) is 0. The lowest BCUT2D eigenvalue weighted by Gasteiger charge is -2.29. The fourth-order valence-electron chi connectivity index (χ4n) is 4.73. The zero-order valence-electron chi connectivity index (χ0n) is 17.3.